The molecule has 0 fully saturated rings. The Morgan fingerprint density at radius 2 is 2.13 bits per heavy atom. The summed E-state index contributed by atoms with van der Waals surface area (Å²) in [5, 5.41) is 13.9. The first-order valence-corrected chi connectivity index (χ1v) is 5.19. The van der Waals surface area contributed by atoms with Crippen LogP contribution in [0.25, 0.3) is 10.9 Å². The maximum absolute atomic E-state index is 8.42. The molecule has 3 nitrogen and oxygen atoms in total. The summed E-state index contributed by atoms with van der Waals surface area (Å²) in [6.45, 7) is 0.898. The van der Waals surface area contributed by atoms with Crippen molar-refractivity contribution in [3.63, 3.8) is 0 Å². The van der Waals surface area contributed by atoms with Crippen LogP contribution in [0.3, 0.4) is 0 Å². The summed E-state index contributed by atoms with van der Waals surface area (Å²) in [6.07, 6.45) is 4.49. The van der Waals surface area contributed by atoms with Crippen LogP contribution in [-0.4, -0.2) is 9.78 Å². The van der Waals surface area contributed by atoms with E-state index in [-0.39, 0.29) is 0 Å². The van der Waals surface area contributed by atoms with Gasteiger partial charge in [0.25, 0.3) is 0 Å². The van der Waals surface area contributed by atoms with Gasteiger partial charge in [-0.15, -0.1) is 0 Å². The van der Waals surface area contributed by atoms with Gasteiger partial charge in [-0.1, -0.05) is 18.2 Å². The molecule has 15 heavy (non-hydrogen) atoms. The van der Waals surface area contributed by atoms with Gasteiger partial charge >= 0.3 is 0 Å². The van der Waals surface area contributed by atoms with E-state index in [1.165, 1.54) is 10.9 Å². The topological polar surface area (TPSA) is 41.6 Å². The van der Waals surface area contributed by atoms with E-state index in [0.29, 0.717) is 6.42 Å². The lowest BCUT2D eigenvalue weighted by atomic mass is 10.2. The minimum absolute atomic E-state index is 0.638. The highest BCUT2D eigenvalue weighted by atomic mass is 15.3. The summed E-state index contributed by atoms with van der Waals surface area (Å²) in [5.74, 6) is 0. The van der Waals surface area contributed by atoms with Crippen molar-refractivity contribution >= 4 is 10.9 Å². The fourth-order valence-electron chi connectivity index (χ4n) is 1.67. The molecule has 0 amide bonds. The maximum Gasteiger partial charge on any atom is 0.0682 e. The normalized spacial score (nSPS) is 10.3. The molecule has 0 aliphatic carbocycles. The van der Waals surface area contributed by atoms with Crippen molar-refractivity contribution < 1.29 is 0 Å². The second-order valence-corrected chi connectivity index (χ2v) is 3.54. The molecule has 0 saturated carbocycles. The number of unbranched alkanes of at least 4 members (excludes halogenated alkanes) is 2. The number of nitrogens with zero attached hydrogens (tertiary/aromatic N) is 3. The van der Waals surface area contributed by atoms with E-state index in [0.717, 1.165) is 19.4 Å². The van der Waals surface area contributed by atoms with Crippen molar-refractivity contribution in [3.05, 3.63) is 30.5 Å². The Hall–Kier alpha value is -1.82. The summed E-state index contributed by atoms with van der Waals surface area (Å²) in [5.41, 5.74) is 1.18. The fraction of sp³-hybridized carbons (Fsp3) is 0.333. The number of rotatable bonds is 4. The van der Waals surface area contributed by atoms with Crippen molar-refractivity contribution in [2.45, 2.75) is 25.8 Å². The Kier molecular flexibility index (Phi) is 2.99. The summed E-state index contributed by atoms with van der Waals surface area (Å²) in [4.78, 5) is 0. The molecule has 2 aromatic rings. The molecule has 1 aromatic heterocycles. The second-order valence-electron chi connectivity index (χ2n) is 3.54. The summed E-state index contributed by atoms with van der Waals surface area (Å²) < 4.78 is 2.01. The molecule has 1 heterocycles. The van der Waals surface area contributed by atoms with Gasteiger partial charge in [-0.05, 0) is 18.9 Å². The zero-order chi connectivity index (χ0) is 10.5. The van der Waals surface area contributed by atoms with Crippen LogP contribution in [0.5, 0.6) is 0 Å². The number of hydrogen-bond donors (Lipinski definition) is 0. The van der Waals surface area contributed by atoms with Crippen LogP contribution in [-0.2, 0) is 6.54 Å². The van der Waals surface area contributed by atoms with E-state index in [1.54, 1.807) is 0 Å². The van der Waals surface area contributed by atoms with Crippen molar-refractivity contribution in [1.29, 1.82) is 5.26 Å². The second kappa shape index (κ2) is 4.61. The Morgan fingerprint density at radius 3 is 3.00 bits per heavy atom. The molecule has 0 unspecified atom stereocenters. The number of fused-ring (bicyclic) bond motifs is 1. The molecule has 2 rings (SSSR count). The number of para-hydroxylation sites is 1. The smallest absolute Gasteiger partial charge is 0.0682 e. The van der Waals surface area contributed by atoms with E-state index in [2.05, 4.69) is 23.3 Å². The molecular formula is C12H13N3. The highest BCUT2D eigenvalue weighted by molar-refractivity contribution is 5.78. The average molecular weight is 199 g/mol. The maximum atomic E-state index is 8.42. The van der Waals surface area contributed by atoms with Crippen molar-refractivity contribution in [2.75, 3.05) is 0 Å². The molecule has 0 saturated heterocycles. The first kappa shape index (κ1) is 9.72. The Balaban J connectivity index is 2.05. The molecule has 0 spiro atoms. The van der Waals surface area contributed by atoms with Crippen LogP contribution in [0.2, 0.25) is 0 Å². The van der Waals surface area contributed by atoms with Crippen LogP contribution >= 0.6 is 0 Å². The number of aromatic nitrogens is 2. The zero-order valence-corrected chi connectivity index (χ0v) is 8.56. The lowest BCUT2D eigenvalue weighted by Crippen LogP contribution is -1.99. The van der Waals surface area contributed by atoms with Crippen LogP contribution < -0.4 is 0 Å². The van der Waals surface area contributed by atoms with Crippen molar-refractivity contribution in [3.8, 4) is 6.07 Å². The molecule has 1 aromatic carbocycles. The molecule has 3 heteroatoms. The van der Waals surface area contributed by atoms with E-state index in [4.69, 9.17) is 5.26 Å². The van der Waals surface area contributed by atoms with Gasteiger partial charge in [-0.25, -0.2) is 0 Å². The number of hydrogen-bond acceptors (Lipinski definition) is 2. The zero-order valence-electron chi connectivity index (χ0n) is 8.56. The van der Waals surface area contributed by atoms with E-state index in [1.807, 2.05) is 23.0 Å². The monoisotopic (exact) mass is 199 g/mol. The van der Waals surface area contributed by atoms with E-state index in [9.17, 15) is 0 Å². The largest absolute Gasteiger partial charge is 0.265 e. The molecule has 0 radical (unpaired) electrons. The Labute approximate surface area is 88.9 Å². The summed E-state index contributed by atoms with van der Waals surface area (Å²) in [7, 11) is 0. The summed E-state index contributed by atoms with van der Waals surface area (Å²) >= 11 is 0. The Bertz CT molecular complexity index is 479. The fourth-order valence-corrected chi connectivity index (χ4v) is 1.67. The molecule has 0 aliphatic heterocycles. The van der Waals surface area contributed by atoms with Crippen molar-refractivity contribution in [2.24, 2.45) is 0 Å². The third-order valence-corrected chi connectivity index (χ3v) is 2.46. The predicted molar refractivity (Wildman–Crippen MR) is 59.2 cm³/mol. The van der Waals surface area contributed by atoms with Gasteiger partial charge in [0.15, 0.2) is 0 Å². The van der Waals surface area contributed by atoms with Gasteiger partial charge in [0.2, 0.25) is 0 Å². The number of benzene rings is 1. The third kappa shape index (κ3) is 2.16. The van der Waals surface area contributed by atoms with Crippen LogP contribution in [0.15, 0.2) is 30.5 Å². The van der Waals surface area contributed by atoms with Gasteiger partial charge in [-0.3, -0.25) is 4.68 Å². The Morgan fingerprint density at radius 1 is 1.27 bits per heavy atom. The predicted octanol–water partition coefficient (Wildman–Crippen LogP) is 2.73. The first-order chi connectivity index (χ1) is 7.42. The molecule has 0 bridgehead atoms. The average Bonchev–Trinajstić information content (AvgIpc) is 2.68. The molecule has 76 valence electrons. The third-order valence-electron chi connectivity index (χ3n) is 2.46. The van der Waals surface area contributed by atoms with Crippen LogP contribution in [0.1, 0.15) is 19.3 Å². The van der Waals surface area contributed by atoms with Crippen molar-refractivity contribution in [1.82, 2.24) is 9.78 Å². The SMILES string of the molecule is N#CCCCCn1ncc2ccccc21. The standard InChI is InChI=1S/C12H13N3/c13-8-4-1-5-9-15-12-7-3-2-6-11(12)10-14-15/h2-3,6-7,10H,1,4-5,9H2. The summed E-state index contributed by atoms with van der Waals surface area (Å²) in [6, 6.07) is 10.3. The number of aryl methyl sites for hydroxylation is 1. The van der Waals surface area contributed by atoms with Gasteiger partial charge < -0.3 is 0 Å². The van der Waals surface area contributed by atoms with E-state index >= 15 is 0 Å². The molecule has 0 aliphatic rings. The minimum Gasteiger partial charge on any atom is -0.265 e. The van der Waals surface area contributed by atoms with Crippen LogP contribution in [0, 0.1) is 11.3 Å². The number of nitriles is 1. The minimum atomic E-state index is 0.638. The lowest BCUT2D eigenvalue weighted by molar-refractivity contribution is 0.577. The highest BCUT2D eigenvalue weighted by Gasteiger charge is 2.00. The quantitative estimate of drug-likeness (QED) is 0.710. The van der Waals surface area contributed by atoms with Gasteiger partial charge in [0, 0.05) is 18.4 Å². The highest BCUT2D eigenvalue weighted by Crippen LogP contribution is 2.13. The first-order valence-electron chi connectivity index (χ1n) is 5.19. The van der Waals surface area contributed by atoms with Gasteiger partial charge in [0.1, 0.15) is 0 Å². The van der Waals surface area contributed by atoms with E-state index < -0.39 is 0 Å². The molecular weight excluding hydrogens is 186 g/mol. The molecule has 0 N–H and O–H groups in total. The van der Waals surface area contributed by atoms with Gasteiger partial charge in [-0.2, -0.15) is 10.4 Å². The van der Waals surface area contributed by atoms with Crippen LogP contribution in [0.4, 0.5) is 0 Å². The van der Waals surface area contributed by atoms with Gasteiger partial charge in [0.05, 0.1) is 17.8 Å². The lowest BCUT2D eigenvalue weighted by Gasteiger charge is -2.01. The molecule has 0 atom stereocenters.